The summed E-state index contributed by atoms with van der Waals surface area (Å²) in [6.07, 6.45) is 0. The second-order valence-electron chi connectivity index (χ2n) is 2.65. The number of nitrogen functional groups attached to an aromatic ring is 1. The molecule has 0 fully saturated rings. The quantitative estimate of drug-likeness (QED) is 0.530. The lowest BCUT2D eigenvalue weighted by Gasteiger charge is -2.06. The SMILES string of the molecule is Nc1c(C(=O)O)cc(Cl)cc1S(=O)(=O)O. The average Bonchev–Trinajstić information content (AvgIpc) is 2.06. The van der Waals surface area contributed by atoms with Gasteiger partial charge in [-0.25, -0.2) is 4.79 Å². The molecule has 15 heavy (non-hydrogen) atoms. The fourth-order valence-electron chi connectivity index (χ4n) is 0.983. The van der Waals surface area contributed by atoms with E-state index in [0.29, 0.717) is 0 Å². The van der Waals surface area contributed by atoms with E-state index in [1.165, 1.54) is 0 Å². The Labute approximate surface area is 90.0 Å². The zero-order chi connectivity index (χ0) is 11.8. The third-order valence-electron chi connectivity index (χ3n) is 1.62. The zero-order valence-electron chi connectivity index (χ0n) is 7.14. The molecule has 8 heteroatoms. The molecule has 1 rings (SSSR count). The van der Waals surface area contributed by atoms with E-state index in [9.17, 15) is 13.2 Å². The maximum absolute atomic E-state index is 10.8. The smallest absolute Gasteiger partial charge is 0.337 e. The number of hydrogen-bond donors (Lipinski definition) is 3. The van der Waals surface area contributed by atoms with Crippen molar-refractivity contribution < 1.29 is 22.9 Å². The van der Waals surface area contributed by atoms with Crippen molar-refractivity contribution in [3.8, 4) is 0 Å². The number of benzene rings is 1. The van der Waals surface area contributed by atoms with Crippen molar-refractivity contribution in [2.24, 2.45) is 0 Å². The molecule has 0 aliphatic carbocycles. The molecule has 6 nitrogen and oxygen atoms in total. The number of rotatable bonds is 2. The predicted octanol–water partition coefficient (Wildman–Crippen LogP) is 0.867. The van der Waals surface area contributed by atoms with Crippen LogP contribution in [0.2, 0.25) is 5.02 Å². The number of carboxylic acids is 1. The van der Waals surface area contributed by atoms with Crippen LogP contribution in [0, 0.1) is 0 Å². The van der Waals surface area contributed by atoms with Gasteiger partial charge in [0.2, 0.25) is 0 Å². The molecule has 0 bridgehead atoms. The molecule has 0 aliphatic rings. The molecule has 0 spiro atoms. The highest BCUT2D eigenvalue weighted by molar-refractivity contribution is 7.86. The van der Waals surface area contributed by atoms with Crippen molar-refractivity contribution in [3.05, 3.63) is 22.7 Å². The van der Waals surface area contributed by atoms with Gasteiger partial charge in [0.1, 0.15) is 4.90 Å². The number of hydrogen-bond acceptors (Lipinski definition) is 4. The molecule has 1 aromatic carbocycles. The van der Waals surface area contributed by atoms with Gasteiger partial charge in [0.15, 0.2) is 0 Å². The lowest BCUT2D eigenvalue weighted by molar-refractivity contribution is 0.0698. The lowest BCUT2D eigenvalue weighted by atomic mass is 10.2. The van der Waals surface area contributed by atoms with E-state index in [1.54, 1.807) is 0 Å². The minimum atomic E-state index is -4.58. The Hall–Kier alpha value is -1.31. The monoisotopic (exact) mass is 251 g/mol. The molecule has 0 aromatic heterocycles. The zero-order valence-corrected chi connectivity index (χ0v) is 8.71. The molecule has 0 saturated carbocycles. The van der Waals surface area contributed by atoms with E-state index in [-0.39, 0.29) is 5.02 Å². The van der Waals surface area contributed by atoms with Crippen molar-refractivity contribution >= 4 is 33.4 Å². The molecule has 82 valence electrons. The number of halogens is 1. The number of carboxylic acid groups (broad SMARTS) is 1. The first-order valence-electron chi connectivity index (χ1n) is 3.53. The summed E-state index contributed by atoms with van der Waals surface area (Å²) in [6, 6.07) is 1.87. The molecule has 0 aliphatic heterocycles. The molecule has 0 radical (unpaired) electrons. The van der Waals surface area contributed by atoms with Crippen LogP contribution in [0.4, 0.5) is 5.69 Å². The van der Waals surface area contributed by atoms with Crippen molar-refractivity contribution in [2.75, 3.05) is 5.73 Å². The highest BCUT2D eigenvalue weighted by Gasteiger charge is 2.20. The van der Waals surface area contributed by atoms with Crippen LogP contribution in [-0.2, 0) is 10.1 Å². The van der Waals surface area contributed by atoms with E-state index >= 15 is 0 Å². The van der Waals surface area contributed by atoms with E-state index in [2.05, 4.69) is 0 Å². The van der Waals surface area contributed by atoms with Gasteiger partial charge in [-0.3, -0.25) is 4.55 Å². The maximum atomic E-state index is 10.8. The number of aromatic carboxylic acids is 1. The molecule has 0 amide bonds. The Morgan fingerprint density at radius 3 is 2.33 bits per heavy atom. The first-order chi connectivity index (χ1) is 6.73. The van der Waals surface area contributed by atoms with Gasteiger partial charge in [-0.15, -0.1) is 0 Å². The van der Waals surface area contributed by atoms with Crippen LogP contribution in [-0.4, -0.2) is 24.0 Å². The predicted molar refractivity (Wildman–Crippen MR) is 52.6 cm³/mol. The minimum Gasteiger partial charge on any atom is -0.478 e. The highest BCUT2D eigenvalue weighted by atomic mass is 35.5. The highest BCUT2D eigenvalue weighted by Crippen LogP contribution is 2.26. The normalized spacial score (nSPS) is 11.3. The van der Waals surface area contributed by atoms with Crippen LogP contribution in [0.25, 0.3) is 0 Å². The molecule has 1 aromatic rings. The van der Waals surface area contributed by atoms with Crippen LogP contribution in [0.5, 0.6) is 0 Å². The van der Waals surface area contributed by atoms with Gasteiger partial charge in [-0.05, 0) is 12.1 Å². The Morgan fingerprint density at radius 1 is 1.40 bits per heavy atom. The second kappa shape index (κ2) is 3.69. The largest absolute Gasteiger partial charge is 0.478 e. The summed E-state index contributed by atoms with van der Waals surface area (Å²) >= 11 is 5.48. The standard InChI is InChI=1S/C7H6ClNO5S/c8-3-1-4(7(10)11)6(9)5(2-3)15(12,13)14/h1-2H,9H2,(H,10,11)(H,12,13,14). The van der Waals surface area contributed by atoms with Crippen LogP contribution >= 0.6 is 11.6 Å². The molecule has 0 heterocycles. The first kappa shape index (κ1) is 11.8. The molecule has 0 saturated heterocycles. The summed E-state index contributed by atoms with van der Waals surface area (Å²) in [5.41, 5.74) is 4.24. The van der Waals surface area contributed by atoms with Crippen LogP contribution < -0.4 is 5.73 Å². The van der Waals surface area contributed by atoms with Crippen molar-refractivity contribution in [1.29, 1.82) is 0 Å². The minimum absolute atomic E-state index is 0.144. The van der Waals surface area contributed by atoms with E-state index in [0.717, 1.165) is 12.1 Å². The summed E-state index contributed by atoms with van der Waals surface area (Å²) in [5, 5.41) is 8.52. The lowest BCUT2D eigenvalue weighted by Crippen LogP contribution is -2.09. The second-order valence-corrected chi connectivity index (χ2v) is 4.47. The molecule has 4 N–H and O–H groups in total. The number of nitrogens with two attached hydrogens (primary N) is 1. The Bertz CT molecular complexity index is 524. The van der Waals surface area contributed by atoms with Gasteiger partial charge in [-0.2, -0.15) is 8.42 Å². The van der Waals surface area contributed by atoms with E-state index < -0.39 is 32.2 Å². The summed E-state index contributed by atoms with van der Waals surface area (Å²) < 4.78 is 30.4. The first-order valence-corrected chi connectivity index (χ1v) is 5.35. The topological polar surface area (TPSA) is 118 Å². The molecular formula is C7H6ClNO5S. The van der Waals surface area contributed by atoms with Crippen molar-refractivity contribution in [2.45, 2.75) is 4.90 Å². The summed E-state index contributed by atoms with van der Waals surface area (Å²) in [6.45, 7) is 0. The average molecular weight is 252 g/mol. The fourth-order valence-corrected chi connectivity index (χ4v) is 1.93. The van der Waals surface area contributed by atoms with Crippen molar-refractivity contribution in [1.82, 2.24) is 0 Å². The van der Waals surface area contributed by atoms with Gasteiger partial charge in [0.05, 0.1) is 11.3 Å². The Morgan fingerprint density at radius 2 is 1.93 bits per heavy atom. The van der Waals surface area contributed by atoms with Crippen LogP contribution in [0.3, 0.4) is 0 Å². The third-order valence-corrected chi connectivity index (χ3v) is 2.73. The van der Waals surface area contributed by atoms with Gasteiger partial charge >= 0.3 is 5.97 Å². The van der Waals surface area contributed by atoms with Gasteiger partial charge in [-0.1, -0.05) is 11.6 Å². The van der Waals surface area contributed by atoms with Gasteiger partial charge in [0.25, 0.3) is 10.1 Å². The van der Waals surface area contributed by atoms with E-state index in [1.807, 2.05) is 0 Å². The maximum Gasteiger partial charge on any atom is 0.337 e. The third kappa shape index (κ3) is 2.38. The molecule has 0 unspecified atom stereocenters. The Balaban J connectivity index is 3.63. The summed E-state index contributed by atoms with van der Waals surface area (Å²) in [5.74, 6) is -1.43. The van der Waals surface area contributed by atoms with Gasteiger partial charge in [0, 0.05) is 5.02 Å². The van der Waals surface area contributed by atoms with E-state index in [4.69, 9.17) is 27.0 Å². The Kier molecular flexibility index (Phi) is 2.89. The summed E-state index contributed by atoms with van der Waals surface area (Å²) in [7, 11) is -4.58. The van der Waals surface area contributed by atoms with Crippen LogP contribution in [0.1, 0.15) is 10.4 Å². The number of anilines is 1. The fraction of sp³-hybridized carbons (Fsp3) is 0. The van der Waals surface area contributed by atoms with Gasteiger partial charge < -0.3 is 10.8 Å². The summed E-state index contributed by atoms with van der Waals surface area (Å²) in [4.78, 5) is 9.92. The van der Waals surface area contributed by atoms with Crippen LogP contribution in [0.15, 0.2) is 17.0 Å². The number of carbonyl (C=O) groups is 1. The molecule has 0 atom stereocenters. The molecular weight excluding hydrogens is 246 g/mol. The van der Waals surface area contributed by atoms with Crippen molar-refractivity contribution in [3.63, 3.8) is 0 Å².